The van der Waals surface area contributed by atoms with Crippen molar-refractivity contribution in [2.45, 2.75) is 25.9 Å². The van der Waals surface area contributed by atoms with Gasteiger partial charge in [0.15, 0.2) is 0 Å². The van der Waals surface area contributed by atoms with Crippen LogP contribution in [0.3, 0.4) is 0 Å². The number of nitrogen functional groups attached to an aromatic ring is 1. The molecule has 2 unspecified atom stereocenters. The summed E-state index contributed by atoms with van der Waals surface area (Å²) in [6.07, 6.45) is 1.78. The van der Waals surface area contributed by atoms with E-state index in [0.717, 1.165) is 24.6 Å². The Morgan fingerprint density at radius 2 is 1.94 bits per heavy atom. The Morgan fingerprint density at radius 1 is 1.31 bits per heavy atom. The summed E-state index contributed by atoms with van der Waals surface area (Å²) < 4.78 is 0. The molecule has 0 aliphatic carbocycles. The van der Waals surface area contributed by atoms with Gasteiger partial charge in [-0.05, 0) is 27.0 Å². The molecule has 2 N–H and O–H groups in total. The minimum Gasteiger partial charge on any atom is -0.399 e. The topological polar surface area (TPSA) is 45.4 Å². The summed E-state index contributed by atoms with van der Waals surface area (Å²) in [7, 11) is 2.18. The van der Waals surface area contributed by atoms with Crippen LogP contribution >= 0.6 is 0 Å². The van der Waals surface area contributed by atoms with E-state index in [9.17, 15) is 0 Å². The summed E-state index contributed by atoms with van der Waals surface area (Å²) in [4.78, 5) is 9.10. The van der Waals surface area contributed by atoms with Crippen molar-refractivity contribution in [3.05, 3.63) is 18.3 Å². The number of piperazine rings is 1. The molecule has 88 valence electrons. The molecule has 1 aromatic rings. The summed E-state index contributed by atoms with van der Waals surface area (Å²) in [5, 5.41) is 0. The van der Waals surface area contributed by atoms with Crippen LogP contribution in [0.25, 0.3) is 0 Å². The molecule has 1 aliphatic rings. The van der Waals surface area contributed by atoms with E-state index in [2.05, 4.69) is 35.7 Å². The van der Waals surface area contributed by atoms with E-state index in [0.29, 0.717) is 12.1 Å². The van der Waals surface area contributed by atoms with E-state index in [-0.39, 0.29) is 0 Å². The maximum atomic E-state index is 5.78. The van der Waals surface area contributed by atoms with Crippen molar-refractivity contribution in [3.63, 3.8) is 0 Å². The van der Waals surface area contributed by atoms with Crippen molar-refractivity contribution in [2.75, 3.05) is 30.8 Å². The fraction of sp³-hybridized carbons (Fsp3) is 0.583. The molecule has 2 rings (SSSR count). The number of anilines is 2. The average Bonchev–Trinajstić information content (AvgIpc) is 2.25. The molecule has 16 heavy (non-hydrogen) atoms. The lowest BCUT2D eigenvalue weighted by molar-refractivity contribution is 0.169. The Hall–Kier alpha value is -1.29. The SMILES string of the molecule is CC1CN(c2cc(N)ccn2)CC(C)N1C. The third-order valence-corrected chi connectivity index (χ3v) is 3.45. The second-order valence-electron chi connectivity index (χ2n) is 4.72. The zero-order chi connectivity index (χ0) is 11.7. The first-order valence-electron chi connectivity index (χ1n) is 5.76. The maximum Gasteiger partial charge on any atom is 0.130 e. The molecule has 4 nitrogen and oxygen atoms in total. The minimum atomic E-state index is 0.548. The predicted octanol–water partition coefficient (Wildman–Crippen LogP) is 1.19. The largest absolute Gasteiger partial charge is 0.399 e. The number of hydrogen-bond acceptors (Lipinski definition) is 4. The molecule has 1 aliphatic heterocycles. The van der Waals surface area contributed by atoms with E-state index in [1.807, 2.05) is 12.1 Å². The van der Waals surface area contributed by atoms with Crippen molar-refractivity contribution in [3.8, 4) is 0 Å². The molecule has 0 radical (unpaired) electrons. The number of rotatable bonds is 1. The van der Waals surface area contributed by atoms with Crippen LogP contribution in [0.1, 0.15) is 13.8 Å². The van der Waals surface area contributed by atoms with Crippen LogP contribution in [0.2, 0.25) is 0 Å². The number of hydrogen-bond donors (Lipinski definition) is 1. The first-order chi connectivity index (χ1) is 7.58. The lowest BCUT2D eigenvalue weighted by Crippen LogP contribution is -2.55. The molecule has 0 amide bonds. The van der Waals surface area contributed by atoms with Crippen molar-refractivity contribution in [2.24, 2.45) is 0 Å². The molecule has 2 atom stereocenters. The Bertz CT molecular complexity index is 354. The van der Waals surface area contributed by atoms with Gasteiger partial charge in [0.05, 0.1) is 0 Å². The second kappa shape index (κ2) is 4.29. The van der Waals surface area contributed by atoms with Gasteiger partial charge in [0.25, 0.3) is 0 Å². The highest BCUT2D eigenvalue weighted by Gasteiger charge is 2.26. The summed E-state index contributed by atoms with van der Waals surface area (Å²) in [6.45, 7) is 6.51. The smallest absolute Gasteiger partial charge is 0.130 e. The lowest BCUT2D eigenvalue weighted by atomic mass is 10.1. The molecule has 1 aromatic heterocycles. The van der Waals surface area contributed by atoms with Gasteiger partial charge in [0.2, 0.25) is 0 Å². The zero-order valence-electron chi connectivity index (χ0n) is 10.2. The van der Waals surface area contributed by atoms with Gasteiger partial charge in [-0.25, -0.2) is 4.98 Å². The molecule has 0 aromatic carbocycles. The highest BCUT2D eigenvalue weighted by molar-refractivity contribution is 5.50. The predicted molar refractivity (Wildman–Crippen MR) is 67.5 cm³/mol. The maximum absolute atomic E-state index is 5.78. The van der Waals surface area contributed by atoms with Crippen molar-refractivity contribution < 1.29 is 0 Å². The van der Waals surface area contributed by atoms with Gasteiger partial charge in [-0.1, -0.05) is 0 Å². The standard InChI is InChI=1S/C12H20N4/c1-9-7-16(8-10(2)15(9)3)12-6-11(13)4-5-14-12/h4-6,9-10H,7-8H2,1-3H3,(H2,13,14). The Labute approximate surface area is 97.1 Å². The Morgan fingerprint density at radius 3 is 2.50 bits per heavy atom. The molecule has 0 spiro atoms. The van der Waals surface area contributed by atoms with E-state index in [4.69, 9.17) is 5.73 Å². The van der Waals surface area contributed by atoms with Gasteiger partial charge in [0, 0.05) is 43.1 Å². The molecule has 1 saturated heterocycles. The van der Waals surface area contributed by atoms with Crippen molar-refractivity contribution >= 4 is 11.5 Å². The van der Waals surface area contributed by atoms with Gasteiger partial charge in [-0.15, -0.1) is 0 Å². The minimum absolute atomic E-state index is 0.548. The fourth-order valence-electron chi connectivity index (χ4n) is 2.20. The fourth-order valence-corrected chi connectivity index (χ4v) is 2.20. The van der Waals surface area contributed by atoms with E-state index in [1.165, 1.54) is 0 Å². The number of aromatic nitrogens is 1. The van der Waals surface area contributed by atoms with Gasteiger partial charge in [-0.2, -0.15) is 0 Å². The summed E-state index contributed by atoms with van der Waals surface area (Å²) in [5.74, 6) is 0.992. The van der Waals surface area contributed by atoms with Crippen LogP contribution in [-0.2, 0) is 0 Å². The van der Waals surface area contributed by atoms with Crippen LogP contribution in [0.15, 0.2) is 18.3 Å². The summed E-state index contributed by atoms with van der Waals surface area (Å²) in [6, 6.07) is 4.87. The number of pyridine rings is 1. The van der Waals surface area contributed by atoms with Gasteiger partial charge < -0.3 is 10.6 Å². The monoisotopic (exact) mass is 220 g/mol. The van der Waals surface area contributed by atoms with Crippen molar-refractivity contribution in [1.29, 1.82) is 0 Å². The number of likely N-dealkylation sites (N-methyl/N-ethyl adjacent to an activating group) is 1. The van der Waals surface area contributed by atoms with Crippen LogP contribution in [0.5, 0.6) is 0 Å². The lowest BCUT2D eigenvalue weighted by Gasteiger charge is -2.43. The van der Waals surface area contributed by atoms with Gasteiger partial charge in [-0.3, -0.25) is 4.90 Å². The quantitative estimate of drug-likeness (QED) is 0.772. The first kappa shape index (κ1) is 11.2. The van der Waals surface area contributed by atoms with Gasteiger partial charge >= 0.3 is 0 Å². The first-order valence-corrected chi connectivity index (χ1v) is 5.76. The third-order valence-electron chi connectivity index (χ3n) is 3.45. The number of nitrogens with zero attached hydrogens (tertiary/aromatic N) is 3. The van der Waals surface area contributed by atoms with E-state index < -0.39 is 0 Å². The van der Waals surface area contributed by atoms with Crippen LogP contribution < -0.4 is 10.6 Å². The molecule has 4 heteroatoms. The zero-order valence-corrected chi connectivity index (χ0v) is 10.2. The van der Waals surface area contributed by atoms with E-state index >= 15 is 0 Å². The highest BCUT2D eigenvalue weighted by Crippen LogP contribution is 2.20. The molecular formula is C12H20N4. The number of nitrogens with two attached hydrogens (primary N) is 1. The van der Waals surface area contributed by atoms with Crippen molar-refractivity contribution in [1.82, 2.24) is 9.88 Å². The van der Waals surface area contributed by atoms with E-state index in [1.54, 1.807) is 6.20 Å². The molecule has 0 bridgehead atoms. The highest BCUT2D eigenvalue weighted by atomic mass is 15.3. The average molecular weight is 220 g/mol. The Kier molecular flexibility index (Phi) is 3.01. The summed E-state index contributed by atoms with van der Waals surface area (Å²) in [5.41, 5.74) is 6.57. The second-order valence-corrected chi connectivity index (χ2v) is 4.72. The van der Waals surface area contributed by atoms with Gasteiger partial charge in [0.1, 0.15) is 5.82 Å². The molecule has 2 heterocycles. The Balaban J connectivity index is 2.17. The molecule has 0 saturated carbocycles. The van der Waals surface area contributed by atoms with Crippen LogP contribution in [0, 0.1) is 0 Å². The summed E-state index contributed by atoms with van der Waals surface area (Å²) >= 11 is 0. The third kappa shape index (κ3) is 2.11. The molecular weight excluding hydrogens is 200 g/mol. The molecule has 1 fully saturated rings. The van der Waals surface area contributed by atoms with Crippen LogP contribution in [0.4, 0.5) is 11.5 Å². The van der Waals surface area contributed by atoms with Crippen LogP contribution in [-0.4, -0.2) is 42.1 Å². The normalized spacial score (nSPS) is 27.1.